The second kappa shape index (κ2) is 11.1. The minimum absolute atomic E-state index is 0.0635. The number of carbonyl (C=O) groups excluding carboxylic acids is 2. The smallest absolute Gasteiger partial charge is 0.306 e. The van der Waals surface area contributed by atoms with Gasteiger partial charge in [0.25, 0.3) is 0 Å². The molecular weight excluding hydrogens is 392 g/mol. The fourth-order valence-corrected chi connectivity index (χ4v) is 4.88. The molecule has 6 heteroatoms. The van der Waals surface area contributed by atoms with E-state index >= 15 is 0 Å². The van der Waals surface area contributed by atoms with Crippen LogP contribution in [0.3, 0.4) is 0 Å². The van der Waals surface area contributed by atoms with Gasteiger partial charge in [-0.25, -0.2) is 0 Å². The number of rotatable bonds is 8. The number of hydrogen-bond donors (Lipinski definition) is 2. The van der Waals surface area contributed by atoms with Crippen LogP contribution in [-0.4, -0.2) is 47.8 Å². The summed E-state index contributed by atoms with van der Waals surface area (Å²) in [6.45, 7) is 17.4. The van der Waals surface area contributed by atoms with Crippen molar-refractivity contribution in [1.82, 2.24) is 10.6 Å². The molecule has 0 aromatic rings. The Balaban J connectivity index is 1.80. The minimum atomic E-state index is -0.299. The molecule has 2 saturated heterocycles. The Kier molecular flexibility index (Phi) is 9.38. The van der Waals surface area contributed by atoms with Crippen molar-refractivity contribution in [3.05, 3.63) is 0 Å². The van der Waals surface area contributed by atoms with Gasteiger partial charge in [-0.3, -0.25) is 9.59 Å². The largest absolute Gasteiger partial charge is 0.462 e. The number of hydrogen-bond acceptors (Lipinski definition) is 6. The highest BCUT2D eigenvalue weighted by Gasteiger charge is 2.37. The normalized spacial score (nSPS) is 31.1. The molecule has 31 heavy (non-hydrogen) atoms. The minimum Gasteiger partial charge on any atom is -0.462 e. The molecule has 180 valence electrons. The quantitative estimate of drug-likeness (QED) is 0.553. The second-order valence-corrected chi connectivity index (χ2v) is 11.4. The number of carbonyl (C=O) groups is 2. The van der Waals surface area contributed by atoms with Crippen LogP contribution in [-0.2, 0) is 19.1 Å². The van der Waals surface area contributed by atoms with E-state index in [0.717, 1.165) is 25.7 Å². The fourth-order valence-electron chi connectivity index (χ4n) is 4.88. The van der Waals surface area contributed by atoms with Crippen LogP contribution in [0.4, 0.5) is 0 Å². The summed E-state index contributed by atoms with van der Waals surface area (Å²) in [6.07, 6.45) is 3.26. The molecule has 0 radical (unpaired) electrons. The van der Waals surface area contributed by atoms with Crippen LogP contribution in [0.2, 0.25) is 0 Å². The summed E-state index contributed by atoms with van der Waals surface area (Å²) in [5, 5.41) is 7.34. The van der Waals surface area contributed by atoms with Crippen LogP contribution in [0, 0.1) is 17.8 Å². The molecule has 0 saturated carbocycles. The third kappa shape index (κ3) is 8.38. The first kappa shape index (κ1) is 26.1. The molecule has 2 rings (SSSR count). The Hall–Kier alpha value is -1.14. The van der Waals surface area contributed by atoms with Gasteiger partial charge in [-0.2, -0.15) is 0 Å². The Morgan fingerprint density at radius 2 is 1.19 bits per heavy atom. The predicted molar refractivity (Wildman–Crippen MR) is 124 cm³/mol. The standard InChI is InChI=1S/C25H46N2O4/c1-15(2)20-11-18(12-21(26-20)16(3)4)30-23(28)9-10-24(29)31-19-13-22(17(5)6)27-25(7,8)14-19/h15-22,26-27H,9-14H2,1-8H3. The fraction of sp³-hybridized carbons (Fsp3) is 0.920. The third-order valence-electron chi connectivity index (χ3n) is 6.84. The molecule has 0 bridgehead atoms. The van der Waals surface area contributed by atoms with E-state index in [-0.39, 0.29) is 42.5 Å². The van der Waals surface area contributed by atoms with Crippen molar-refractivity contribution in [1.29, 1.82) is 0 Å². The lowest BCUT2D eigenvalue weighted by molar-refractivity contribution is -0.159. The van der Waals surface area contributed by atoms with Crippen molar-refractivity contribution in [3.63, 3.8) is 0 Å². The van der Waals surface area contributed by atoms with Gasteiger partial charge in [0.1, 0.15) is 12.2 Å². The van der Waals surface area contributed by atoms with Crippen LogP contribution in [0.5, 0.6) is 0 Å². The molecule has 2 N–H and O–H groups in total. The van der Waals surface area contributed by atoms with Gasteiger partial charge >= 0.3 is 11.9 Å². The summed E-state index contributed by atoms with van der Waals surface area (Å²) >= 11 is 0. The lowest BCUT2D eigenvalue weighted by Crippen LogP contribution is -2.56. The van der Waals surface area contributed by atoms with E-state index in [4.69, 9.17) is 9.47 Å². The highest BCUT2D eigenvalue weighted by atomic mass is 16.6. The van der Waals surface area contributed by atoms with Crippen LogP contribution in [0.25, 0.3) is 0 Å². The Bertz CT molecular complexity index is 586. The molecule has 0 aromatic carbocycles. The lowest BCUT2D eigenvalue weighted by Gasteiger charge is -2.42. The monoisotopic (exact) mass is 438 g/mol. The zero-order valence-electron chi connectivity index (χ0n) is 21.0. The van der Waals surface area contributed by atoms with E-state index in [2.05, 4.69) is 66.0 Å². The average molecular weight is 439 g/mol. The highest BCUT2D eigenvalue weighted by molar-refractivity contribution is 5.77. The zero-order chi connectivity index (χ0) is 23.3. The number of piperidine rings is 2. The van der Waals surface area contributed by atoms with Crippen molar-refractivity contribution >= 4 is 11.9 Å². The third-order valence-corrected chi connectivity index (χ3v) is 6.84. The van der Waals surface area contributed by atoms with E-state index in [1.165, 1.54) is 0 Å². The van der Waals surface area contributed by atoms with Gasteiger partial charge in [0.15, 0.2) is 0 Å². The predicted octanol–water partition coefficient (Wildman–Crippen LogP) is 4.21. The zero-order valence-corrected chi connectivity index (χ0v) is 21.0. The SMILES string of the molecule is CC(C)C1CC(OC(=O)CCC(=O)OC2CC(C(C)C)NC(C)(C)C2)CC(C(C)C)N1. The summed E-state index contributed by atoms with van der Waals surface area (Å²) in [7, 11) is 0. The Morgan fingerprint density at radius 1 is 0.774 bits per heavy atom. The van der Waals surface area contributed by atoms with Crippen LogP contribution >= 0.6 is 0 Å². The van der Waals surface area contributed by atoms with Gasteiger partial charge in [-0.1, -0.05) is 41.5 Å². The van der Waals surface area contributed by atoms with E-state index < -0.39 is 0 Å². The van der Waals surface area contributed by atoms with E-state index in [1.54, 1.807) is 0 Å². The molecule has 0 spiro atoms. The first-order chi connectivity index (χ1) is 14.4. The van der Waals surface area contributed by atoms with Gasteiger partial charge in [0.2, 0.25) is 0 Å². The number of esters is 2. The first-order valence-electron chi connectivity index (χ1n) is 12.3. The summed E-state index contributed by atoms with van der Waals surface area (Å²) in [6, 6.07) is 1.02. The molecule has 6 nitrogen and oxygen atoms in total. The van der Waals surface area contributed by atoms with Crippen LogP contribution in [0.1, 0.15) is 93.9 Å². The maximum Gasteiger partial charge on any atom is 0.306 e. The Labute approximate surface area is 189 Å². The molecule has 0 aliphatic carbocycles. The molecule has 2 fully saturated rings. The van der Waals surface area contributed by atoms with E-state index in [9.17, 15) is 9.59 Å². The van der Waals surface area contributed by atoms with E-state index in [1.807, 2.05) is 0 Å². The molecule has 2 aliphatic heterocycles. The first-order valence-corrected chi connectivity index (χ1v) is 12.3. The van der Waals surface area contributed by atoms with Gasteiger partial charge < -0.3 is 20.1 Å². The van der Waals surface area contributed by atoms with Crippen molar-refractivity contribution in [2.24, 2.45) is 17.8 Å². The molecule has 2 heterocycles. The number of ether oxygens (including phenoxy) is 2. The van der Waals surface area contributed by atoms with Crippen LogP contribution in [0.15, 0.2) is 0 Å². The molecular formula is C25H46N2O4. The maximum absolute atomic E-state index is 12.4. The Morgan fingerprint density at radius 3 is 1.65 bits per heavy atom. The summed E-state index contributed by atoms with van der Waals surface area (Å²) in [4.78, 5) is 24.9. The van der Waals surface area contributed by atoms with Crippen LogP contribution < -0.4 is 10.6 Å². The topological polar surface area (TPSA) is 76.7 Å². The second-order valence-electron chi connectivity index (χ2n) is 11.4. The molecule has 0 amide bonds. The summed E-state index contributed by atoms with van der Waals surface area (Å²) in [5.74, 6) is 0.862. The average Bonchev–Trinajstić information content (AvgIpc) is 2.64. The number of nitrogens with one attached hydrogen (secondary N) is 2. The summed E-state index contributed by atoms with van der Waals surface area (Å²) in [5.41, 5.74) is -0.0635. The molecule has 4 atom stereocenters. The van der Waals surface area contributed by atoms with Crippen molar-refractivity contribution in [2.75, 3.05) is 0 Å². The molecule has 2 aliphatic rings. The molecule has 4 unspecified atom stereocenters. The van der Waals surface area contributed by atoms with Crippen molar-refractivity contribution in [3.8, 4) is 0 Å². The maximum atomic E-state index is 12.4. The molecule has 0 aromatic heterocycles. The van der Waals surface area contributed by atoms with Gasteiger partial charge in [-0.15, -0.1) is 0 Å². The highest BCUT2D eigenvalue weighted by Crippen LogP contribution is 2.28. The van der Waals surface area contributed by atoms with Crippen molar-refractivity contribution in [2.45, 2.75) is 130 Å². The van der Waals surface area contributed by atoms with Gasteiger partial charge in [0, 0.05) is 49.3 Å². The van der Waals surface area contributed by atoms with E-state index in [0.29, 0.717) is 35.9 Å². The van der Waals surface area contributed by atoms with Crippen molar-refractivity contribution < 1.29 is 19.1 Å². The lowest BCUT2D eigenvalue weighted by atomic mass is 9.83. The van der Waals surface area contributed by atoms with Gasteiger partial charge in [-0.05, 0) is 31.6 Å². The van der Waals surface area contributed by atoms with Gasteiger partial charge in [0.05, 0.1) is 12.8 Å². The summed E-state index contributed by atoms with van der Waals surface area (Å²) < 4.78 is 11.5.